The van der Waals surface area contributed by atoms with E-state index in [0.29, 0.717) is 28.9 Å². The summed E-state index contributed by atoms with van der Waals surface area (Å²) in [5.41, 5.74) is 0.770. The van der Waals surface area contributed by atoms with Crippen LogP contribution < -0.4 is 15.0 Å². The van der Waals surface area contributed by atoms with Crippen LogP contribution in [0.1, 0.15) is 39.5 Å². The van der Waals surface area contributed by atoms with Gasteiger partial charge >= 0.3 is 0 Å². The first-order chi connectivity index (χ1) is 17.1. The Bertz CT molecular complexity index is 1280. The number of phenolic OH excluding ortho intramolecular Hbond substituents is 1. The summed E-state index contributed by atoms with van der Waals surface area (Å²) in [6.45, 7) is 4.12. The molecule has 36 heavy (non-hydrogen) atoms. The van der Waals surface area contributed by atoms with E-state index >= 15 is 4.39 Å². The van der Waals surface area contributed by atoms with E-state index in [-0.39, 0.29) is 29.0 Å². The highest BCUT2D eigenvalue weighted by Gasteiger charge is 2.53. The molecule has 2 aliphatic heterocycles. The van der Waals surface area contributed by atoms with E-state index in [1.165, 1.54) is 19.2 Å². The van der Waals surface area contributed by atoms with Crippen molar-refractivity contribution in [2.75, 3.05) is 19.1 Å². The van der Waals surface area contributed by atoms with Gasteiger partial charge in [0.2, 0.25) is 11.8 Å². The highest BCUT2D eigenvalue weighted by atomic mass is 19.1. The average molecular weight is 497 g/mol. The molecule has 5 rings (SSSR count). The summed E-state index contributed by atoms with van der Waals surface area (Å²) in [6, 6.07) is 7.34. The molecule has 0 radical (unpaired) electrons. The Morgan fingerprint density at radius 2 is 1.94 bits per heavy atom. The van der Waals surface area contributed by atoms with Crippen LogP contribution in [0.2, 0.25) is 0 Å². The quantitative estimate of drug-likeness (QED) is 0.505. The molecule has 3 aromatic rings. The number of fused-ring (bicyclic) bond motifs is 2. The van der Waals surface area contributed by atoms with Crippen LogP contribution in [-0.4, -0.2) is 62.7 Å². The molecule has 2 fully saturated rings. The molecule has 0 amide bonds. The summed E-state index contributed by atoms with van der Waals surface area (Å²) in [5, 5.41) is 22.7. The number of phenols is 1. The lowest BCUT2D eigenvalue weighted by Crippen LogP contribution is -2.72. The van der Waals surface area contributed by atoms with Crippen molar-refractivity contribution in [2.24, 2.45) is 0 Å². The fraction of sp³-hybridized carbons (Fsp3) is 0.462. The van der Waals surface area contributed by atoms with Gasteiger partial charge in [-0.05, 0) is 62.8 Å². The third-order valence-corrected chi connectivity index (χ3v) is 7.58. The van der Waals surface area contributed by atoms with Gasteiger partial charge in [-0.1, -0.05) is 6.07 Å². The average Bonchev–Trinajstić information content (AvgIpc) is 2.85. The number of nitrogens with one attached hydrogen (secondary N) is 1. The van der Waals surface area contributed by atoms with E-state index in [1.807, 2.05) is 18.9 Å². The Labute approximate surface area is 208 Å². The molecule has 0 spiro atoms. The first-order valence-corrected chi connectivity index (χ1v) is 12.0. The van der Waals surface area contributed by atoms with Crippen molar-refractivity contribution in [1.82, 2.24) is 25.5 Å². The van der Waals surface area contributed by atoms with E-state index in [4.69, 9.17) is 4.74 Å². The van der Waals surface area contributed by atoms with Crippen LogP contribution in [0, 0.1) is 5.95 Å². The normalized spacial score (nSPS) is 27.5. The van der Waals surface area contributed by atoms with E-state index < -0.39 is 17.7 Å². The Kier molecular flexibility index (Phi) is 6.02. The van der Waals surface area contributed by atoms with Gasteiger partial charge in [0, 0.05) is 30.3 Å². The molecule has 0 saturated carbocycles. The maximum absolute atomic E-state index is 15.6. The zero-order valence-corrected chi connectivity index (χ0v) is 20.8. The van der Waals surface area contributed by atoms with Gasteiger partial charge in [-0.25, -0.2) is 9.37 Å². The van der Waals surface area contributed by atoms with Crippen molar-refractivity contribution in [2.45, 2.75) is 62.8 Å². The second-order valence-electron chi connectivity index (χ2n) is 10.3. The largest absolute Gasteiger partial charge is 0.507 e. The van der Waals surface area contributed by atoms with Crippen LogP contribution in [0.5, 0.6) is 11.6 Å². The first kappa shape index (κ1) is 24.3. The van der Waals surface area contributed by atoms with Gasteiger partial charge in [0.1, 0.15) is 11.9 Å². The lowest BCUT2D eigenvalue weighted by molar-refractivity contribution is 0.00193. The number of benzene rings is 1. The number of pyridine rings is 1. The molecule has 8 nitrogen and oxygen atoms in total. The predicted molar refractivity (Wildman–Crippen MR) is 132 cm³/mol. The van der Waals surface area contributed by atoms with Gasteiger partial charge in [-0.15, -0.1) is 10.2 Å². The minimum Gasteiger partial charge on any atom is -0.507 e. The number of halogens is 2. The second-order valence-corrected chi connectivity index (χ2v) is 10.3. The topological polar surface area (TPSA) is 96.3 Å². The molecule has 2 saturated heterocycles. The zero-order valence-electron chi connectivity index (χ0n) is 20.8. The van der Waals surface area contributed by atoms with Crippen molar-refractivity contribution < 1.29 is 18.6 Å². The Hall–Kier alpha value is -3.40. The molecular formula is C26H30F2N6O2. The van der Waals surface area contributed by atoms with Crippen molar-refractivity contribution in [3.8, 4) is 34.1 Å². The van der Waals surface area contributed by atoms with Crippen molar-refractivity contribution in [3.63, 3.8) is 0 Å². The number of rotatable bonds is 5. The van der Waals surface area contributed by atoms with E-state index in [1.54, 1.807) is 24.4 Å². The van der Waals surface area contributed by atoms with E-state index in [0.717, 1.165) is 19.3 Å². The van der Waals surface area contributed by atoms with Crippen LogP contribution in [-0.2, 0) is 0 Å². The number of piperidine rings is 2. The predicted octanol–water partition coefficient (Wildman–Crippen LogP) is 4.29. The lowest BCUT2D eigenvalue weighted by Gasteiger charge is -2.56. The molecule has 2 N–H and O–H groups in total. The summed E-state index contributed by atoms with van der Waals surface area (Å²) < 4.78 is 34.4. The van der Waals surface area contributed by atoms with Crippen LogP contribution in [0.4, 0.5) is 14.6 Å². The Balaban J connectivity index is 1.38. The summed E-state index contributed by atoms with van der Waals surface area (Å²) in [4.78, 5) is 9.86. The van der Waals surface area contributed by atoms with E-state index in [2.05, 4.69) is 32.4 Å². The number of alkyl halides is 1. The molecule has 0 unspecified atom stereocenters. The van der Waals surface area contributed by atoms with Crippen LogP contribution in [0.25, 0.3) is 22.5 Å². The minimum absolute atomic E-state index is 0.0811. The molecule has 190 valence electrons. The number of aromatic hydroxyl groups is 1. The molecule has 2 aromatic heterocycles. The van der Waals surface area contributed by atoms with Crippen LogP contribution in [0.15, 0.2) is 36.5 Å². The standard InChI is InChI=1S/C26H30F2N6O2/c1-25-8-5-9-26(2,33-25)23(28)18(13-25)34(3)21-14-29-24(32-31-21)17-7-6-15(10-19(17)35)16-11-20(27)30-22(12-16)36-4/h6-7,10-12,14,18,23,33,35H,5,8-9,13H2,1-4H3/t18-,23-,25-,26+/m0/s1. The van der Waals surface area contributed by atoms with Crippen molar-refractivity contribution in [1.29, 1.82) is 0 Å². The highest BCUT2D eigenvalue weighted by Crippen LogP contribution is 2.43. The summed E-state index contributed by atoms with van der Waals surface area (Å²) in [5.74, 6) is 0.0665. The summed E-state index contributed by atoms with van der Waals surface area (Å²) in [6.07, 6.45) is 3.96. The van der Waals surface area contributed by atoms with Gasteiger partial charge in [0.05, 0.1) is 24.9 Å². The Morgan fingerprint density at radius 3 is 2.64 bits per heavy atom. The molecule has 10 heteroatoms. The van der Waals surface area contributed by atoms with E-state index in [9.17, 15) is 9.50 Å². The van der Waals surface area contributed by atoms with Crippen LogP contribution in [0.3, 0.4) is 0 Å². The monoisotopic (exact) mass is 496 g/mol. The van der Waals surface area contributed by atoms with Gasteiger partial charge in [0.15, 0.2) is 11.6 Å². The number of nitrogens with zero attached hydrogens (tertiary/aromatic N) is 5. The molecule has 4 heterocycles. The van der Waals surface area contributed by atoms with Gasteiger partial charge in [-0.2, -0.15) is 9.37 Å². The van der Waals surface area contributed by atoms with Gasteiger partial charge in [-0.3, -0.25) is 0 Å². The first-order valence-electron chi connectivity index (χ1n) is 12.0. The fourth-order valence-electron chi connectivity index (χ4n) is 5.71. The highest BCUT2D eigenvalue weighted by molar-refractivity contribution is 5.73. The Morgan fingerprint density at radius 1 is 1.14 bits per heavy atom. The maximum Gasteiger partial charge on any atom is 0.216 e. The van der Waals surface area contributed by atoms with Gasteiger partial charge in [0.25, 0.3) is 0 Å². The summed E-state index contributed by atoms with van der Waals surface area (Å²) >= 11 is 0. The number of ether oxygens (including phenoxy) is 1. The smallest absolute Gasteiger partial charge is 0.216 e. The maximum atomic E-state index is 15.6. The second kappa shape index (κ2) is 8.92. The third-order valence-electron chi connectivity index (χ3n) is 7.58. The number of aromatic nitrogens is 4. The molecule has 2 bridgehead atoms. The lowest BCUT2D eigenvalue weighted by atomic mass is 9.68. The van der Waals surface area contributed by atoms with Crippen molar-refractivity contribution in [3.05, 3.63) is 42.5 Å². The van der Waals surface area contributed by atoms with Crippen molar-refractivity contribution >= 4 is 5.82 Å². The molecular weight excluding hydrogens is 466 g/mol. The molecule has 2 aliphatic rings. The SMILES string of the molecule is COc1cc(-c2ccc(-c3ncc(N(C)[C@H]4C[C@]5(C)CCC[C@@](C)(N5)[C@H]4F)nn3)c(O)c2)cc(F)n1. The number of hydrogen-bond acceptors (Lipinski definition) is 8. The number of methoxy groups -OCH3 is 1. The van der Waals surface area contributed by atoms with Crippen LogP contribution >= 0.6 is 0 Å². The third kappa shape index (κ3) is 4.34. The molecule has 0 aliphatic carbocycles. The number of anilines is 1. The molecule has 1 aromatic carbocycles. The minimum atomic E-state index is -1.06. The fourth-order valence-corrected chi connectivity index (χ4v) is 5.71. The summed E-state index contributed by atoms with van der Waals surface area (Å²) in [7, 11) is 3.23. The van der Waals surface area contributed by atoms with Gasteiger partial charge < -0.3 is 20.1 Å². The zero-order chi connectivity index (χ0) is 25.7. The number of hydrogen-bond donors (Lipinski definition) is 2. The molecule has 4 atom stereocenters.